The standard InChI is InChI=1S/BO3.La.Mg/c2-1(3)4;;/q-3;+3;+2. The predicted octanol–water partition coefficient (Wildman–Crippen LogP) is -4.33. The quantitative estimate of drug-likeness (QED) is 0.389. The Morgan fingerprint density at radius 2 is 1.00 bits per heavy atom. The van der Waals surface area contributed by atoms with Crippen LogP contribution < -0.4 is 15.1 Å². The van der Waals surface area contributed by atoms with E-state index in [1.807, 2.05) is 0 Å². The second-order valence-corrected chi connectivity index (χ2v) is 0.289. The van der Waals surface area contributed by atoms with Crippen molar-refractivity contribution in [3.63, 3.8) is 0 Å². The average Bonchev–Trinajstić information content (AvgIpc) is 0.811. The first-order chi connectivity index (χ1) is 1.73. The molecule has 0 saturated heterocycles. The minimum Gasteiger partial charge on any atom is -0.907 e. The third kappa shape index (κ3) is 39.1. The molecule has 6 heavy (non-hydrogen) atoms. The fourth-order valence-corrected chi connectivity index (χ4v) is 0. The molecule has 0 heterocycles. The van der Waals surface area contributed by atoms with Gasteiger partial charge in [-0.1, -0.05) is 0 Å². The summed E-state index contributed by atoms with van der Waals surface area (Å²) in [5.41, 5.74) is 0. The molecule has 0 fully saturated rings. The normalized spacial score (nSPS) is 4.50. The maximum absolute atomic E-state index is 8.42. The van der Waals surface area contributed by atoms with Crippen molar-refractivity contribution in [2.45, 2.75) is 0 Å². The summed E-state index contributed by atoms with van der Waals surface area (Å²) in [6.07, 6.45) is 0. The molecule has 0 aliphatic rings. The van der Waals surface area contributed by atoms with Crippen LogP contribution >= 0.6 is 0 Å². The van der Waals surface area contributed by atoms with Gasteiger partial charge in [-0.05, 0) is 0 Å². The van der Waals surface area contributed by atoms with Crippen LogP contribution in [0.1, 0.15) is 0 Å². The van der Waals surface area contributed by atoms with E-state index in [2.05, 4.69) is 0 Å². The van der Waals surface area contributed by atoms with Crippen LogP contribution in [0.5, 0.6) is 0 Å². The van der Waals surface area contributed by atoms with Crippen LogP contribution in [0.4, 0.5) is 0 Å². The fourth-order valence-electron chi connectivity index (χ4n) is 0. The van der Waals surface area contributed by atoms with Crippen molar-refractivity contribution in [1.29, 1.82) is 0 Å². The molecule has 3 nitrogen and oxygen atoms in total. The van der Waals surface area contributed by atoms with Crippen molar-refractivity contribution >= 4 is 30.4 Å². The molecule has 0 aromatic rings. The van der Waals surface area contributed by atoms with Crippen molar-refractivity contribution in [2.75, 3.05) is 0 Å². The molecular formula is BLaMgO3+2. The smallest absolute Gasteiger partial charge is 0.907 e. The van der Waals surface area contributed by atoms with Gasteiger partial charge in [-0.2, -0.15) is 0 Å². The first kappa shape index (κ1) is 15.7. The van der Waals surface area contributed by atoms with Crippen molar-refractivity contribution in [3.05, 3.63) is 0 Å². The molecule has 0 bridgehead atoms. The minimum atomic E-state index is -2.92. The van der Waals surface area contributed by atoms with Gasteiger partial charge in [-0.15, -0.1) is 0 Å². The molecule has 0 rings (SSSR count). The molecular weight excluding hydrogens is 222 g/mol. The summed E-state index contributed by atoms with van der Waals surface area (Å²) in [7, 11) is -2.92. The average molecular weight is 222 g/mol. The van der Waals surface area contributed by atoms with Crippen LogP contribution in [-0.4, -0.2) is 30.4 Å². The summed E-state index contributed by atoms with van der Waals surface area (Å²) in [4.78, 5) is 0. The van der Waals surface area contributed by atoms with Crippen LogP contribution in [-0.2, 0) is 0 Å². The zero-order valence-electron chi connectivity index (χ0n) is 3.09. The first-order valence-electron chi connectivity index (χ1n) is 0.707. The van der Waals surface area contributed by atoms with Crippen molar-refractivity contribution in [2.24, 2.45) is 0 Å². The maximum Gasteiger partial charge on any atom is 3.00 e. The summed E-state index contributed by atoms with van der Waals surface area (Å²) in [5.74, 6) is 0. The molecule has 0 atom stereocenters. The topological polar surface area (TPSA) is 69.2 Å². The zero-order chi connectivity index (χ0) is 3.58. The van der Waals surface area contributed by atoms with Crippen LogP contribution in [0.2, 0.25) is 0 Å². The van der Waals surface area contributed by atoms with Crippen molar-refractivity contribution in [3.8, 4) is 0 Å². The van der Waals surface area contributed by atoms with E-state index in [-0.39, 0.29) is 58.7 Å². The molecule has 0 aromatic carbocycles. The molecule has 0 aromatic heterocycles. The van der Waals surface area contributed by atoms with Gasteiger partial charge in [0.1, 0.15) is 0 Å². The molecule has 0 radical (unpaired) electrons. The second-order valence-electron chi connectivity index (χ2n) is 0.289. The van der Waals surface area contributed by atoms with E-state index >= 15 is 0 Å². The van der Waals surface area contributed by atoms with E-state index < -0.39 is 7.32 Å². The van der Waals surface area contributed by atoms with E-state index in [0.717, 1.165) is 0 Å². The van der Waals surface area contributed by atoms with Crippen LogP contribution in [0.15, 0.2) is 0 Å². The Bertz CT molecular complexity index is 15.5. The Morgan fingerprint density at radius 1 is 1.00 bits per heavy atom. The maximum atomic E-state index is 8.42. The molecule has 0 amide bonds. The third-order valence-corrected chi connectivity index (χ3v) is 0. The Labute approximate surface area is 80.1 Å². The Balaban J connectivity index is -0.0000000450. The van der Waals surface area contributed by atoms with Gasteiger partial charge in [0.05, 0.1) is 0 Å². The van der Waals surface area contributed by atoms with Gasteiger partial charge in [0, 0.05) is 0 Å². The SMILES string of the molecule is [La+3].[Mg+2].[O-]B([O-])[O-]. The van der Waals surface area contributed by atoms with E-state index in [4.69, 9.17) is 15.1 Å². The molecule has 0 saturated carbocycles. The van der Waals surface area contributed by atoms with Crippen molar-refractivity contribution < 1.29 is 50.7 Å². The fraction of sp³-hybridized carbons (Fsp3) is 0. The molecule has 0 aliphatic carbocycles. The van der Waals surface area contributed by atoms with E-state index in [1.165, 1.54) is 0 Å². The van der Waals surface area contributed by atoms with E-state index in [1.54, 1.807) is 0 Å². The van der Waals surface area contributed by atoms with Crippen LogP contribution in [0, 0.1) is 35.6 Å². The van der Waals surface area contributed by atoms with Gasteiger partial charge >= 0.3 is 58.7 Å². The largest absolute Gasteiger partial charge is 3.00 e. The van der Waals surface area contributed by atoms with E-state index in [0.29, 0.717) is 0 Å². The van der Waals surface area contributed by atoms with Crippen LogP contribution in [0.3, 0.4) is 0 Å². The molecule has 0 spiro atoms. The Kier molecular flexibility index (Phi) is 26.1. The van der Waals surface area contributed by atoms with Gasteiger partial charge in [-0.25, -0.2) is 0 Å². The van der Waals surface area contributed by atoms with Gasteiger partial charge < -0.3 is 15.1 Å². The molecule has 0 aliphatic heterocycles. The minimum absolute atomic E-state index is 0. The Hall–Kier alpha value is 1.91. The first-order valence-corrected chi connectivity index (χ1v) is 0.707. The van der Waals surface area contributed by atoms with Crippen molar-refractivity contribution in [1.82, 2.24) is 0 Å². The second kappa shape index (κ2) is 10.0. The third-order valence-electron chi connectivity index (χ3n) is 0. The summed E-state index contributed by atoms with van der Waals surface area (Å²) in [6, 6.07) is 0. The van der Waals surface area contributed by atoms with Gasteiger partial charge in [0.2, 0.25) is 0 Å². The molecule has 0 N–H and O–H groups in total. The molecule has 0 unspecified atom stereocenters. The monoisotopic (exact) mass is 222 g/mol. The molecule has 24 valence electrons. The Morgan fingerprint density at radius 3 is 1.00 bits per heavy atom. The van der Waals surface area contributed by atoms with Gasteiger partial charge in [0.15, 0.2) is 0 Å². The summed E-state index contributed by atoms with van der Waals surface area (Å²) >= 11 is 0. The number of hydrogen-bond acceptors (Lipinski definition) is 3. The van der Waals surface area contributed by atoms with Crippen LogP contribution in [0.25, 0.3) is 0 Å². The predicted molar refractivity (Wildman–Crippen MR) is 11.5 cm³/mol. The van der Waals surface area contributed by atoms with Gasteiger partial charge in [0.25, 0.3) is 0 Å². The number of hydrogen-bond donors (Lipinski definition) is 0. The number of rotatable bonds is 0. The molecule has 6 heteroatoms. The van der Waals surface area contributed by atoms with E-state index in [9.17, 15) is 0 Å². The summed E-state index contributed by atoms with van der Waals surface area (Å²) in [5, 5.41) is 25.2. The zero-order valence-corrected chi connectivity index (χ0v) is 8.13. The van der Waals surface area contributed by atoms with Gasteiger partial charge in [-0.3, -0.25) is 7.32 Å². The summed E-state index contributed by atoms with van der Waals surface area (Å²) < 4.78 is 0. The summed E-state index contributed by atoms with van der Waals surface area (Å²) in [6.45, 7) is 0.